The zero-order valence-corrected chi connectivity index (χ0v) is 16.7. The van der Waals surface area contributed by atoms with Crippen LogP contribution in [-0.2, 0) is 9.53 Å². The number of nitrogens with zero attached hydrogens (tertiary/aromatic N) is 1. The van der Waals surface area contributed by atoms with Gasteiger partial charge in [-0.05, 0) is 35.7 Å². The van der Waals surface area contributed by atoms with Crippen LogP contribution in [0, 0.1) is 0 Å². The Labute approximate surface area is 171 Å². The molecule has 3 atom stereocenters. The van der Waals surface area contributed by atoms with E-state index in [2.05, 4.69) is 29.2 Å². The second kappa shape index (κ2) is 8.50. The molecule has 29 heavy (non-hydrogen) atoms. The highest BCUT2D eigenvalue weighted by atomic mass is 16.5. The number of carbonyl (C=O) groups excluding carboxylic acids is 1. The van der Waals surface area contributed by atoms with Crippen molar-refractivity contribution >= 4 is 5.97 Å². The molecule has 4 heteroatoms. The number of rotatable bonds is 7. The molecule has 4 rings (SSSR count). The summed E-state index contributed by atoms with van der Waals surface area (Å²) in [6.45, 7) is 2.22. The van der Waals surface area contributed by atoms with Gasteiger partial charge in [0.25, 0.3) is 0 Å². The molecular formula is C25H25NO3. The molecule has 0 aliphatic carbocycles. The van der Waals surface area contributed by atoms with Crippen molar-refractivity contribution in [2.24, 2.45) is 0 Å². The molecule has 1 aliphatic rings. The molecule has 1 unspecified atom stereocenters. The zero-order valence-electron chi connectivity index (χ0n) is 16.7. The Morgan fingerprint density at radius 1 is 0.897 bits per heavy atom. The van der Waals surface area contributed by atoms with E-state index >= 15 is 0 Å². The Kier molecular flexibility index (Phi) is 5.63. The number of methoxy groups -OCH3 is 1. The highest BCUT2D eigenvalue weighted by molar-refractivity contribution is 5.81. The number of hydrogen-bond donors (Lipinski definition) is 0. The summed E-state index contributed by atoms with van der Waals surface area (Å²) in [7, 11) is 1.65. The minimum Gasteiger partial charge on any atom is -0.497 e. The van der Waals surface area contributed by atoms with Crippen molar-refractivity contribution in [1.82, 2.24) is 4.90 Å². The van der Waals surface area contributed by atoms with E-state index in [1.807, 2.05) is 67.6 Å². The fourth-order valence-electron chi connectivity index (χ4n) is 4.01. The van der Waals surface area contributed by atoms with Gasteiger partial charge in [0.15, 0.2) is 0 Å². The van der Waals surface area contributed by atoms with E-state index in [4.69, 9.17) is 9.47 Å². The van der Waals surface area contributed by atoms with Crippen LogP contribution in [-0.4, -0.2) is 30.6 Å². The van der Waals surface area contributed by atoms with Gasteiger partial charge in [0.1, 0.15) is 11.8 Å². The van der Waals surface area contributed by atoms with Crippen molar-refractivity contribution in [3.8, 4) is 5.75 Å². The topological polar surface area (TPSA) is 38.5 Å². The Morgan fingerprint density at radius 2 is 1.45 bits per heavy atom. The summed E-state index contributed by atoms with van der Waals surface area (Å²) in [4.78, 5) is 15.0. The molecule has 0 bridgehead atoms. The van der Waals surface area contributed by atoms with E-state index in [0.29, 0.717) is 6.61 Å². The Balaban J connectivity index is 1.75. The lowest BCUT2D eigenvalue weighted by atomic mass is 9.98. The van der Waals surface area contributed by atoms with Crippen LogP contribution in [0.1, 0.15) is 35.7 Å². The van der Waals surface area contributed by atoms with E-state index in [9.17, 15) is 4.79 Å². The van der Waals surface area contributed by atoms with Crippen LogP contribution < -0.4 is 4.74 Å². The van der Waals surface area contributed by atoms with Crippen LogP contribution in [0.4, 0.5) is 0 Å². The second-order valence-electron chi connectivity index (χ2n) is 7.09. The molecule has 1 heterocycles. The summed E-state index contributed by atoms with van der Waals surface area (Å²) >= 11 is 0. The highest BCUT2D eigenvalue weighted by Crippen LogP contribution is 2.52. The molecule has 0 aromatic heterocycles. The SMILES string of the molecule is CCOC(=O)[C@H]1[C@H](c2ccc(OC)cc2)N1C(c1ccccc1)c1ccccc1. The normalized spacial score (nSPS) is 20.3. The van der Waals surface area contributed by atoms with Crippen LogP contribution in [0.15, 0.2) is 84.9 Å². The zero-order chi connectivity index (χ0) is 20.2. The average molecular weight is 387 g/mol. The van der Waals surface area contributed by atoms with Crippen LogP contribution in [0.2, 0.25) is 0 Å². The van der Waals surface area contributed by atoms with E-state index in [1.54, 1.807) is 7.11 Å². The Morgan fingerprint density at radius 3 is 1.93 bits per heavy atom. The molecule has 148 valence electrons. The second-order valence-corrected chi connectivity index (χ2v) is 7.09. The lowest BCUT2D eigenvalue weighted by Gasteiger charge is -2.21. The van der Waals surface area contributed by atoms with E-state index in [1.165, 1.54) is 0 Å². The van der Waals surface area contributed by atoms with Gasteiger partial charge < -0.3 is 9.47 Å². The molecule has 1 fully saturated rings. The van der Waals surface area contributed by atoms with Gasteiger partial charge in [0, 0.05) is 0 Å². The molecule has 0 radical (unpaired) electrons. The maximum atomic E-state index is 12.8. The van der Waals surface area contributed by atoms with Gasteiger partial charge in [0.05, 0.1) is 25.8 Å². The molecule has 0 spiro atoms. The van der Waals surface area contributed by atoms with Crippen LogP contribution in [0.25, 0.3) is 0 Å². The first kappa shape index (κ1) is 19.2. The molecule has 0 amide bonds. The van der Waals surface area contributed by atoms with Gasteiger partial charge in [-0.3, -0.25) is 9.69 Å². The minimum atomic E-state index is -0.311. The first-order chi connectivity index (χ1) is 14.2. The molecule has 4 nitrogen and oxygen atoms in total. The molecule has 1 aliphatic heterocycles. The third-order valence-corrected chi connectivity index (χ3v) is 5.37. The van der Waals surface area contributed by atoms with Crippen molar-refractivity contribution in [1.29, 1.82) is 0 Å². The summed E-state index contributed by atoms with van der Waals surface area (Å²) in [6.07, 6.45) is 0. The minimum absolute atomic E-state index is 0.0288. The predicted molar refractivity (Wildman–Crippen MR) is 113 cm³/mol. The Hall–Kier alpha value is -3.11. The van der Waals surface area contributed by atoms with Crippen LogP contribution >= 0.6 is 0 Å². The number of hydrogen-bond acceptors (Lipinski definition) is 4. The maximum absolute atomic E-state index is 12.8. The molecule has 0 N–H and O–H groups in total. The summed E-state index contributed by atoms with van der Waals surface area (Å²) < 4.78 is 10.7. The molecular weight excluding hydrogens is 362 g/mol. The average Bonchev–Trinajstić information content (AvgIpc) is 3.51. The van der Waals surface area contributed by atoms with Crippen LogP contribution in [0.5, 0.6) is 5.75 Å². The monoisotopic (exact) mass is 387 g/mol. The summed E-state index contributed by atoms with van der Waals surface area (Å²) in [5.74, 6) is 0.626. The fraction of sp³-hybridized carbons (Fsp3) is 0.240. The molecule has 3 aromatic rings. The molecule has 0 saturated carbocycles. The van der Waals surface area contributed by atoms with Crippen molar-refractivity contribution < 1.29 is 14.3 Å². The van der Waals surface area contributed by atoms with Gasteiger partial charge in [-0.2, -0.15) is 0 Å². The van der Waals surface area contributed by atoms with Crippen molar-refractivity contribution in [3.63, 3.8) is 0 Å². The number of benzene rings is 3. The summed E-state index contributed by atoms with van der Waals surface area (Å²) in [5, 5.41) is 0. The standard InChI is InChI=1S/C25H25NO3/c1-3-29-25(27)24-23(20-14-16-21(28-2)17-15-20)26(24)22(18-10-6-4-7-11-18)19-12-8-5-9-13-19/h4-17,22-24H,3H2,1-2H3/t23-,24+,26?/m0/s1. The number of ether oxygens (including phenoxy) is 2. The summed E-state index contributed by atoms with van der Waals surface area (Å²) in [6, 6.07) is 28.2. The predicted octanol–water partition coefficient (Wildman–Crippen LogP) is 4.77. The van der Waals surface area contributed by atoms with Gasteiger partial charge >= 0.3 is 5.97 Å². The highest BCUT2D eigenvalue weighted by Gasteiger charge is 2.57. The summed E-state index contributed by atoms with van der Waals surface area (Å²) in [5.41, 5.74) is 3.40. The Bertz CT molecular complexity index is 901. The molecule has 1 saturated heterocycles. The lowest BCUT2D eigenvalue weighted by Crippen LogP contribution is -2.20. The van der Waals surface area contributed by atoms with Gasteiger partial charge in [-0.1, -0.05) is 72.8 Å². The largest absolute Gasteiger partial charge is 0.497 e. The van der Waals surface area contributed by atoms with Crippen LogP contribution in [0.3, 0.4) is 0 Å². The quantitative estimate of drug-likeness (QED) is 0.432. The van der Waals surface area contributed by atoms with E-state index in [-0.39, 0.29) is 24.1 Å². The lowest BCUT2D eigenvalue weighted by molar-refractivity contribution is -0.143. The van der Waals surface area contributed by atoms with Crippen molar-refractivity contribution in [2.45, 2.75) is 25.0 Å². The number of carbonyl (C=O) groups is 1. The molecule has 3 aromatic carbocycles. The van der Waals surface area contributed by atoms with Crippen molar-refractivity contribution in [2.75, 3.05) is 13.7 Å². The van der Waals surface area contributed by atoms with Gasteiger partial charge in [-0.15, -0.1) is 0 Å². The number of esters is 1. The van der Waals surface area contributed by atoms with E-state index in [0.717, 1.165) is 22.4 Å². The van der Waals surface area contributed by atoms with E-state index < -0.39 is 0 Å². The maximum Gasteiger partial charge on any atom is 0.325 e. The third-order valence-electron chi connectivity index (χ3n) is 5.37. The first-order valence-electron chi connectivity index (χ1n) is 9.92. The first-order valence-corrected chi connectivity index (χ1v) is 9.92. The third kappa shape index (κ3) is 3.89. The van der Waals surface area contributed by atoms with Gasteiger partial charge in [-0.25, -0.2) is 0 Å². The van der Waals surface area contributed by atoms with Crippen molar-refractivity contribution in [3.05, 3.63) is 102 Å². The fourth-order valence-corrected chi connectivity index (χ4v) is 4.01. The smallest absolute Gasteiger partial charge is 0.325 e. The van der Waals surface area contributed by atoms with Gasteiger partial charge in [0.2, 0.25) is 0 Å².